The molecule has 0 aliphatic carbocycles. The highest BCUT2D eigenvalue weighted by Crippen LogP contribution is 2.38. The number of urea groups is 1. The van der Waals surface area contributed by atoms with E-state index >= 15 is 0 Å². The number of carboxylic acid groups (broad SMARTS) is 1. The molecular formula is C14H11F4N3O3. The molecule has 0 spiro atoms. The van der Waals surface area contributed by atoms with Crippen LogP contribution in [0, 0.1) is 29.0 Å². The highest BCUT2D eigenvalue weighted by atomic mass is 19.4. The van der Waals surface area contributed by atoms with Gasteiger partial charge in [-0.1, -0.05) is 0 Å². The summed E-state index contributed by atoms with van der Waals surface area (Å²) < 4.78 is 51.7. The second-order valence-electron chi connectivity index (χ2n) is 5.23. The molecule has 24 heavy (non-hydrogen) atoms. The van der Waals surface area contributed by atoms with Gasteiger partial charge in [-0.25, -0.2) is 9.18 Å². The molecule has 2 N–H and O–H groups in total. The fourth-order valence-corrected chi connectivity index (χ4v) is 2.46. The number of benzene rings is 1. The molecule has 1 aliphatic heterocycles. The first-order valence-corrected chi connectivity index (χ1v) is 6.68. The smallest absolute Gasteiger partial charge is 0.394 e. The molecule has 2 amide bonds. The molecule has 0 unspecified atom stereocenters. The number of rotatable bonds is 2. The summed E-state index contributed by atoms with van der Waals surface area (Å²) in [6.45, 7) is -1.43. The molecule has 1 fully saturated rings. The van der Waals surface area contributed by atoms with Crippen LogP contribution in [-0.4, -0.2) is 41.3 Å². The van der Waals surface area contributed by atoms with Crippen LogP contribution in [0.1, 0.15) is 5.56 Å². The van der Waals surface area contributed by atoms with Gasteiger partial charge in [0.2, 0.25) is 0 Å². The predicted molar refractivity (Wildman–Crippen MR) is 72.4 cm³/mol. The largest absolute Gasteiger partial charge is 0.481 e. The molecule has 0 aromatic heterocycles. The summed E-state index contributed by atoms with van der Waals surface area (Å²) >= 11 is 0. The Kier molecular flexibility index (Phi) is 4.64. The minimum atomic E-state index is -4.76. The molecule has 10 heteroatoms. The topological polar surface area (TPSA) is 93.4 Å². The van der Waals surface area contributed by atoms with Crippen molar-refractivity contribution in [3.63, 3.8) is 0 Å². The van der Waals surface area contributed by atoms with Crippen molar-refractivity contribution in [3.05, 3.63) is 29.6 Å². The van der Waals surface area contributed by atoms with E-state index < -0.39 is 48.9 Å². The molecule has 0 saturated carbocycles. The quantitative estimate of drug-likeness (QED) is 0.805. The molecule has 1 aromatic rings. The fourth-order valence-electron chi connectivity index (χ4n) is 2.46. The van der Waals surface area contributed by atoms with Crippen LogP contribution in [0.15, 0.2) is 18.2 Å². The number of hydrogen-bond donors (Lipinski definition) is 2. The van der Waals surface area contributed by atoms with Gasteiger partial charge in [0, 0.05) is 13.1 Å². The zero-order valence-electron chi connectivity index (χ0n) is 12.0. The number of hydrogen-bond acceptors (Lipinski definition) is 3. The third kappa shape index (κ3) is 3.56. The zero-order chi connectivity index (χ0) is 18.1. The molecule has 1 saturated heterocycles. The van der Waals surface area contributed by atoms with E-state index in [4.69, 9.17) is 10.4 Å². The standard InChI is InChI=1S/C14H11F4N3O3/c15-8-1-2-11(7(3-8)4-19)20-13(24)21-5-9(12(22)23)10(6-21)14(16,17)18/h1-3,9-10H,5-6H2,(H,20,24)(H,22,23)/t9-,10-/m1/s1. The van der Waals surface area contributed by atoms with Crippen LogP contribution in [0.3, 0.4) is 0 Å². The fraction of sp³-hybridized carbons (Fsp3) is 0.357. The van der Waals surface area contributed by atoms with Crippen LogP contribution < -0.4 is 5.32 Å². The third-order valence-corrected chi connectivity index (χ3v) is 3.69. The van der Waals surface area contributed by atoms with Gasteiger partial charge in [-0.3, -0.25) is 4.79 Å². The average Bonchev–Trinajstić information content (AvgIpc) is 2.94. The monoisotopic (exact) mass is 345 g/mol. The van der Waals surface area contributed by atoms with Crippen LogP contribution >= 0.6 is 0 Å². The Balaban J connectivity index is 2.17. The number of carbonyl (C=O) groups is 2. The molecule has 2 atom stereocenters. The lowest BCUT2D eigenvalue weighted by Gasteiger charge is -2.19. The van der Waals surface area contributed by atoms with Crippen LogP contribution in [0.25, 0.3) is 0 Å². The first-order chi connectivity index (χ1) is 11.1. The van der Waals surface area contributed by atoms with Gasteiger partial charge in [0.1, 0.15) is 11.9 Å². The minimum absolute atomic E-state index is 0.0776. The second-order valence-corrected chi connectivity index (χ2v) is 5.23. The summed E-state index contributed by atoms with van der Waals surface area (Å²) in [5.74, 6) is -6.30. The van der Waals surface area contributed by atoms with Crippen molar-refractivity contribution < 1.29 is 32.3 Å². The Morgan fingerprint density at radius 1 is 1.33 bits per heavy atom. The van der Waals surface area contributed by atoms with Crippen LogP contribution in [0.4, 0.5) is 28.0 Å². The summed E-state index contributed by atoms with van der Waals surface area (Å²) in [5.41, 5.74) is -0.282. The predicted octanol–water partition coefficient (Wildman–Crippen LogP) is 2.42. The Morgan fingerprint density at radius 3 is 2.50 bits per heavy atom. The number of alkyl halides is 3. The van der Waals surface area contributed by atoms with Crippen molar-refractivity contribution >= 4 is 17.7 Å². The van der Waals surface area contributed by atoms with Crippen molar-refractivity contribution in [2.45, 2.75) is 6.18 Å². The number of nitrogens with zero attached hydrogens (tertiary/aromatic N) is 2. The molecular weight excluding hydrogens is 334 g/mol. The molecule has 2 rings (SSSR count). The van der Waals surface area contributed by atoms with Crippen molar-refractivity contribution in [2.75, 3.05) is 18.4 Å². The van der Waals surface area contributed by atoms with Crippen molar-refractivity contribution in [3.8, 4) is 6.07 Å². The molecule has 1 heterocycles. The number of anilines is 1. The Labute approximate surface area is 133 Å². The number of carboxylic acids is 1. The maximum atomic E-state index is 13.0. The van der Waals surface area contributed by atoms with Gasteiger partial charge in [0.05, 0.1) is 23.1 Å². The van der Waals surface area contributed by atoms with E-state index in [0.717, 1.165) is 18.2 Å². The van der Waals surface area contributed by atoms with E-state index in [9.17, 15) is 27.2 Å². The van der Waals surface area contributed by atoms with Crippen molar-refractivity contribution in [1.82, 2.24) is 4.90 Å². The highest BCUT2D eigenvalue weighted by Gasteiger charge is 2.53. The van der Waals surface area contributed by atoms with Crippen molar-refractivity contribution in [2.24, 2.45) is 11.8 Å². The summed E-state index contributed by atoms with van der Waals surface area (Å²) in [6.07, 6.45) is -4.76. The summed E-state index contributed by atoms with van der Waals surface area (Å²) in [4.78, 5) is 23.7. The lowest BCUT2D eigenvalue weighted by Crippen LogP contribution is -2.35. The minimum Gasteiger partial charge on any atom is -0.481 e. The van der Waals surface area contributed by atoms with Crippen molar-refractivity contribution in [1.29, 1.82) is 5.26 Å². The van der Waals surface area contributed by atoms with E-state index in [1.54, 1.807) is 6.07 Å². The van der Waals surface area contributed by atoms with E-state index in [1.165, 1.54) is 0 Å². The zero-order valence-corrected chi connectivity index (χ0v) is 12.0. The van der Waals surface area contributed by atoms with Crippen LogP contribution in [0.2, 0.25) is 0 Å². The summed E-state index contributed by atoms with van der Waals surface area (Å²) in [7, 11) is 0. The highest BCUT2D eigenvalue weighted by molar-refractivity contribution is 5.91. The number of amides is 2. The number of aliphatic carboxylic acids is 1. The van der Waals surface area contributed by atoms with Gasteiger partial charge in [0.15, 0.2) is 0 Å². The average molecular weight is 345 g/mol. The molecule has 6 nitrogen and oxygen atoms in total. The van der Waals surface area contributed by atoms with E-state index in [1.807, 2.05) is 0 Å². The van der Waals surface area contributed by atoms with Gasteiger partial charge >= 0.3 is 18.2 Å². The molecule has 1 aliphatic rings. The van der Waals surface area contributed by atoms with E-state index in [-0.39, 0.29) is 11.3 Å². The third-order valence-electron chi connectivity index (χ3n) is 3.69. The number of nitrogens with one attached hydrogen (secondary N) is 1. The Morgan fingerprint density at radius 2 is 2.00 bits per heavy atom. The molecule has 0 bridgehead atoms. The maximum Gasteiger partial charge on any atom is 0.394 e. The first-order valence-electron chi connectivity index (χ1n) is 6.68. The number of nitriles is 1. The first kappa shape index (κ1) is 17.5. The molecule has 1 aromatic carbocycles. The number of likely N-dealkylation sites (tertiary alicyclic amines) is 1. The maximum absolute atomic E-state index is 13.0. The lowest BCUT2D eigenvalue weighted by atomic mass is 9.96. The van der Waals surface area contributed by atoms with E-state index in [0.29, 0.717) is 4.90 Å². The van der Waals surface area contributed by atoms with E-state index in [2.05, 4.69) is 5.32 Å². The normalized spacial score (nSPS) is 20.5. The molecule has 128 valence electrons. The van der Waals surface area contributed by atoms with Crippen LogP contribution in [-0.2, 0) is 4.79 Å². The van der Waals surface area contributed by atoms with Gasteiger partial charge in [0.25, 0.3) is 0 Å². The SMILES string of the molecule is N#Cc1cc(F)ccc1NC(=O)N1C[C@@H](C(F)(F)F)[C@H](C(=O)O)C1. The van der Waals surface area contributed by atoms with Gasteiger partial charge in [-0.2, -0.15) is 18.4 Å². The van der Waals surface area contributed by atoms with Crippen LogP contribution in [0.5, 0.6) is 0 Å². The number of halogens is 4. The molecule has 0 radical (unpaired) electrons. The second kappa shape index (κ2) is 6.35. The lowest BCUT2D eigenvalue weighted by molar-refractivity contribution is -0.187. The summed E-state index contributed by atoms with van der Waals surface area (Å²) in [6, 6.07) is 3.58. The van der Waals surface area contributed by atoms with Gasteiger partial charge < -0.3 is 15.3 Å². The Bertz CT molecular complexity index is 714. The number of carbonyl (C=O) groups excluding carboxylic acids is 1. The summed E-state index contributed by atoms with van der Waals surface area (Å²) in [5, 5.41) is 20.0. The Hall–Kier alpha value is -2.83. The van der Waals surface area contributed by atoms with Gasteiger partial charge in [-0.15, -0.1) is 0 Å². The van der Waals surface area contributed by atoms with Gasteiger partial charge in [-0.05, 0) is 18.2 Å².